The lowest BCUT2D eigenvalue weighted by atomic mass is 10.2. The molecule has 11 heavy (non-hydrogen) atoms. The molecule has 0 aromatic rings. The zero-order valence-electron chi connectivity index (χ0n) is 5.69. The number of amides is 1. The molecule has 2 heterocycles. The Morgan fingerprint density at radius 1 is 1.73 bits per heavy atom. The molecule has 2 aliphatic heterocycles. The highest BCUT2D eigenvalue weighted by atomic mass is 32.2. The highest BCUT2D eigenvalue weighted by molar-refractivity contribution is 8.00. The molecule has 0 saturated carbocycles. The van der Waals surface area contributed by atoms with Crippen molar-refractivity contribution < 1.29 is 9.59 Å². The molecule has 4 nitrogen and oxygen atoms in total. The topological polar surface area (TPSA) is 49.7 Å². The number of nitrogens with zero attached hydrogens (tertiary/aromatic N) is 2. The summed E-state index contributed by atoms with van der Waals surface area (Å²) in [6.45, 7) is 0. The SMILES string of the molecule is O=C=NC1CS[C@@H]2CC(=O)N12. The number of isocyanates is 1. The number of carbonyl (C=O) groups is 1. The van der Waals surface area contributed by atoms with E-state index in [1.165, 1.54) is 6.08 Å². The first kappa shape index (κ1) is 6.88. The Balaban J connectivity index is 2.14. The van der Waals surface area contributed by atoms with Crippen LogP contribution < -0.4 is 0 Å². The first-order valence-corrected chi connectivity index (χ1v) is 4.37. The van der Waals surface area contributed by atoms with Crippen molar-refractivity contribution in [3.05, 3.63) is 0 Å². The molecular formula is C6H6N2O2S. The normalized spacial score (nSPS) is 34.2. The minimum absolute atomic E-state index is 0.101. The number of rotatable bonds is 1. The number of fused-ring (bicyclic) bond motifs is 1. The Bertz CT molecular complexity index is 247. The summed E-state index contributed by atoms with van der Waals surface area (Å²) in [4.78, 5) is 26.0. The van der Waals surface area contributed by atoms with E-state index in [9.17, 15) is 9.59 Å². The van der Waals surface area contributed by atoms with Crippen LogP contribution in [0, 0.1) is 0 Å². The molecule has 1 amide bonds. The van der Waals surface area contributed by atoms with Gasteiger partial charge in [-0.2, -0.15) is 4.99 Å². The molecule has 2 atom stereocenters. The largest absolute Gasteiger partial charge is 0.306 e. The molecule has 58 valence electrons. The van der Waals surface area contributed by atoms with E-state index in [-0.39, 0.29) is 17.4 Å². The summed E-state index contributed by atoms with van der Waals surface area (Å²) < 4.78 is 0. The molecule has 2 fully saturated rings. The van der Waals surface area contributed by atoms with Crippen LogP contribution in [0.1, 0.15) is 6.42 Å². The molecule has 2 aliphatic rings. The Morgan fingerprint density at radius 2 is 2.55 bits per heavy atom. The first-order chi connectivity index (χ1) is 5.33. The fraction of sp³-hybridized carbons (Fsp3) is 0.667. The van der Waals surface area contributed by atoms with Crippen LogP contribution in [0.4, 0.5) is 0 Å². The number of hydrogen-bond donors (Lipinski definition) is 0. The number of carbonyl (C=O) groups excluding carboxylic acids is 2. The van der Waals surface area contributed by atoms with Crippen molar-refractivity contribution in [3.8, 4) is 0 Å². The average Bonchev–Trinajstić information content (AvgIpc) is 2.26. The van der Waals surface area contributed by atoms with E-state index in [4.69, 9.17) is 0 Å². The van der Waals surface area contributed by atoms with Gasteiger partial charge in [0.15, 0.2) is 0 Å². The summed E-state index contributed by atoms with van der Waals surface area (Å²) in [5, 5.41) is 0.282. The third kappa shape index (κ3) is 0.886. The summed E-state index contributed by atoms with van der Waals surface area (Å²) in [6.07, 6.45) is 1.86. The average molecular weight is 170 g/mol. The van der Waals surface area contributed by atoms with E-state index in [1.54, 1.807) is 16.7 Å². The number of thioether (sulfide) groups is 1. The highest BCUT2D eigenvalue weighted by Crippen LogP contribution is 2.39. The molecule has 0 radical (unpaired) electrons. The van der Waals surface area contributed by atoms with Crippen molar-refractivity contribution in [3.63, 3.8) is 0 Å². The summed E-state index contributed by atoms with van der Waals surface area (Å²) in [5.74, 6) is 0.843. The molecule has 0 aromatic carbocycles. The highest BCUT2D eigenvalue weighted by Gasteiger charge is 2.46. The monoisotopic (exact) mass is 170 g/mol. The smallest absolute Gasteiger partial charge is 0.237 e. The molecule has 0 N–H and O–H groups in total. The van der Waals surface area contributed by atoms with Crippen molar-refractivity contribution in [2.75, 3.05) is 5.75 Å². The Morgan fingerprint density at radius 3 is 3.18 bits per heavy atom. The summed E-state index contributed by atoms with van der Waals surface area (Å²) in [5.41, 5.74) is 0. The molecular weight excluding hydrogens is 164 g/mol. The first-order valence-electron chi connectivity index (χ1n) is 3.32. The van der Waals surface area contributed by atoms with Crippen LogP contribution >= 0.6 is 11.8 Å². The second-order valence-corrected chi connectivity index (χ2v) is 3.70. The minimum Gasteiger partial charge on any atom is -0.306 e. The fourth-order valence-electron chi connectivity index (χ4n) is 1.34. The molecule has 1 unspecified atom stereocenters. The quantitative estimate of drug-likeness (QED) is 0.315. The molecule has 2 saturated heterocycles. The number of hydrogen-bond acceptors (Lipinski definition) is 4. The van der Waals surface area contributed by atoms with Crippen molar-refractivity contribution >= 4 is 23.7 Å². The lowest BCUT2D eigenvalue weighted by Gasteiger charge is -2.35. The van der Waals surface area contributed by atoms with E-state index in [2.05, 4.69) is 4.99 Å². The third-order valence-corrected chi connectivity index (χ3v) is 3.18. The van der Waals surface area contributed by atoms with Crippen molar-refractivity contribution in [2.45, 2.75) is 18.0 Å². The van der Waals surface area contributed by atoms with E-state index >= 15 is 0 Å². The molecule has 5 heteroatoms. The fourth-order valence-corrected chi connectivity index (χ4v) is 2.64. The maximum absolute atomic E-state index is 10.9. The van der Waals surface area contributed by atoms with Crippen molar-refractivity contribution in [1.82, 2.24) is 4.90 Å². The second kappa shape index (κ2) is 2.36. The van der Waals surface area contributed by atoms with Crippen LogP contribution in [0.2, 0.25) is 0 Å². The summed E-state index contributed by atoms with van der Waals surface area (Å²) >= 11 is 1.68. The maximum Gasteiger partial charge on any atom is 0.237 e. The van der Waals surface area contributed by atoms with Gasteiger partial charge < -0.3 is 4.90 Å². The Labute approximate surface area is 67.7 Å². The van der Waals surface area contributed by atoms with Crippen molar-refractivity contribution in [1.29, 1.82) is 0 Å². The van der Waals surface area contributed by atoms with E-state index in [1.807, 2.05) is 0 Å². The van der Waals surface area contributed by atoms with Gasteiger partial charge in [-0.3, -0.25) is 4.79 Å². The number of β-lactam (4-membered cyclic amide) rings is 1. The Kier molecular flexibility index (Phi) is 1.47. The van der Waals surface area contributed by atoms with Gasteiger partial charge in [-0.25, -0.2) is 4.79 Å². The predicted molar refractivity (Wildman–Crippen MR) is 39.6 cm³/mol. The maximum atomic E-state index is 10.9. The molecule has 0 aliphatic carbocycles. The molecule has 0 bridgehead atoms. The standard InChI is InChI=1S/C6H6N2O2S/c9-3-7-4-2-11-6-1-5(10)8(4)6/h4,6H,1-2H2/t4?,6-/m1/s1. The van der Waals surface area contributed by atoms with Crippen LogP contribution in [0.25, 0.3) is 0 Å². The zero-order chi connectivity index (χ0) is 7.84. The summed E-state index contributed by atoms with van der Waals surface area (Å²) in [7, 11) is 0. The Hall–Kier alpha value is -0.800. The van der Waals surface area contributed by atoms with Gasteiger partial charge in [0.2, 0.25) is 12.0 Å². The van der Waals surface area contributed by atoms with Gasteiger partial charge in [-0.05, 0) is 0 Å². The zero-order valence-corrected chi connectivity index (χ0v) is 6.50. The molecule has 0 aromatic heterocycles. The van der Waals surface area contributed by atoms with E-state index in [0.717, 1.165) is 5.75 Å². The van der Waals surface area contributed by atoms with Gasteiger partial charge in [-0.1, -0.05) is 0 Å². The second-order valence-electron chi connectivity index (χ2n) is 2.49. The summed E-state index contributed by atoms with van der Waals surface area (Å²) in [6, 6.07) is 0. The lowest BCUT2D eigenvalue weighted by Crippen LogP contribution is -2.51. The van der Waals surface area contributed by atoms with Crippen LogP contribution in [0.3, 0.4) is 0 Å². The van der Waals surface area contributed by atoms with Crippen LogP contribution in [0.15, 0.2) is 4.99 Å². The van der Waals surface area contributed by atoms with Crippen LogP contribution in [-0.2, 0) is 9.59 Å². The minimum atomic E-state index is -0.233. The van der Waals surface area contributed by atoms with E-state index in [0.29, 0.717) is 6.42 Å². The van der Waals surface area contributed by atoms with Crippen LogP contribution in [-0.4, -0.2) is 34.2 Å². The van der Waals surface area contributed by atoms with Gasteiger partial charge in [0, 0.05) is 5.75 Å². The molecule has 0 spiro atoms. The van der Waals surface area contributed by atoms with Gasteiger partial charge in [0.25, 0.3) is 0 Å². The van der Waals surface area contributed by atoms with Gasteiger partial charge in [-0.15, -0.1) is 11.8 Å². The molecule has 2 rings (SSSR count). The van der Waals surface area contributed by atoms with Gasteiger partial charge in [0.05, 0.1) is 11.8 Å². The van der Waals surface area contributed by atoms with E-state index < -0.39 is 0 Å². The predicted octanol–water partition coefficient (Wildman–Crippen LogP) is -0.0465. The number of aliphatic imine (C=N–C) groups is 1. The van der Waals surface area contributed by atoms with Gasteiger partial charge >= 0.3 is 0 Å². The van der Waals surface area contributed by atoms with Gasteiger partial charge in [0.1, 0.15) is 6.17 Å². The lowest BCUT2D eigenvalue weighted by molar-refractivity contribution is -0.142. The third-order valence-electron chi connectivity index (χ3n) is 1.91. The van der Waals surface area contributed by atoms with Crippen LogP contribution in [0.5, 0.6) is 0 Å². The van der Waals surface area contributed by atoms with Crippen molar-refractivity contribution in [2.24, 2.45) is 4.99 Å².